The first-order valence-corrected chi connectivity index (χ1v) is 9.65. The number of carbonyl (C=O) groups excluding carboxylic acids is 1. The van der Waals surface area contributed by atoms with Crippen LogP contribution < -0.4 is 15.7 Å². The molecule has 0 atom stereocenters. The maximum atomic E-state index is 12.3. The molecule has 0 aliphatic heterocycles. The molecule has 144 valence electrons. The fraction of sp³-hybridized carbons (Fsp3) is 0.238. The number of halogens is 2. The Balaban J connectivity index is 1.61. The van der Waals surface area contributed by atoms with Gasteiger partial charge in [0.15, 0.2) is 6.61 Å². The van der Waals surface area contributed by atoms with Gasteiger partial charge in [-0.2, -0.15) is 0 Å². The zero-order valence-electron chi connectivity index (χ0n) is 15.1. The lowest BCUT2D eigenvalue weighted by atomic mass is 10.0. The summed E-state index contributed by atoms with van der Waals surface area (Å²) in [6.45, 7) is 1.67. The van der Waals surface area contributed by atoms with E-state index in [9.17, 15) is 9.59 Å². The average molecular weight is 418 g/mol. The van der Waals surface area contributed by atoms with Crippen LogP contribution in [0.3, 0.4) is 0 Å². The second-order valence-electron chi connectivity index (χ2n) is 6.80. The van der Waals surface area contributed by atoms with Crippen LogP contribution in [0.4, 0.5) is 5.69 Å². The Morgan fingerprint density at radius 1 is 1.18 bits per heavy atom. The molecule has 2 aromatic carbocycles. The van der Waals surface area contributed by atoms with Crippen LogP contribution in [0.15, 0.2) is 39.5 Å². The number of benzene rings is 2. The Kier molecular flexibility index (Phi) is 5.04. The number of amides is 1. The predicted octanol–water partition coefficient (Wildman–Crippen LogP) is 4.91. The maximum Gasteiger partial charge on any atom is 0.339 e. The van der Waals surface area contributed by atoms with Crippen LogP contribution in [0.5, 0.6) is 5.75 Å². The van der Waals surface area contributed by atoms with Crippen LogP contribution >= 0.6 is 23.2 Å². The summed E-state index contributed by atoms with van der Waals surface area (Å²) in [6.07, 6.45) is 2.40. The van der Waals surface area contributed by atoms with Crippen molar-refractivity contribution in [3.63, 3.8) is 0 Å². The van der Waals surface area contributed by atoms with Crippen LogP contribution in [0.2, 0.25) is 10.0 Å². The summed E-state index contributed by atoms with van der Waals surface area (Å²) in [5, 5.41) is 4.32. The van der Waals surface area contributed by atoms with E-state index >= 15 is 0 Å². The molecule has 0 unspecified atom stereocenters. The molecule has 0 spiro atoms. The summed E-state index contributed by atoms with van der Waals surface area (Å²) in [5.74, 6) is 0.164. The van der Waals surface area contributed by atoms with Crippen molar-refractivity contribution in [2.75, 3.05) is 11.9 Å². The summed E-state index contributed by atoms with van der Waals surface area (Å²) in [4.78, 5) is 24.5. The summed E-state index contributed by atoms with van der Waals surface area (Å²) < 4.78 is 11.3. The second kappa shape index (κ2) is 7.49. The molecule has 0 radical (unpaired) electrons. The molecule has 1 amide bonds. The third-order valence-corrected chi connectivity index (χ3v) is 5.30. The number of ether oxygens (including phenoxy) is 1. The van der Waals surface area contributed by atoms with Gasteiger partial charge in [-0.3, -0.25) is 4.79 Å². The molecule has 0 bridgehead atoms. The van der Waals surface area contributed by atoms with Gasteiger partial charge in [-0.25, -0.2) is 4.79 Å². The molecule has 1 heterocycles. The van der Waals surface area contributed by atoms with Crippen molar-refractivity contribution >= 4 is 45.8 Å². The number of anilines is 1. The first kappa shape index (κ1) is 18.8. The van der Waals surface area contributed by atoms with Gasteiger partial charge in [-0.15, -0.1) is 0 Å². The van der Waals surface area contributed by atoms with Gasteiger partial charge < -0.3 is 14.5 Å². The molecule has 5 nitrogen and oxygen atoms in total. The van der Waals surface area contributed by atoms with Gasteiger partial charge in [0.2, 0.25) is 0 Å². The first-order valence-electron chi connectivity index (χ1n) is 8.89. The number of hydrogen-bond donors (Lipinski definition) is 1. The fourth-order valence-electron chi connectivity index (χ4n) is 3.54. The highest BCUT2D eigenvalue weighted by molar-refractivity contribution is 6.35. The van der Waals surface area contributed by atoms with E-state index in [-0.39, 0.29) is 18.1 Å². The van der Waals surface area contributed by atoms with Crippen molar-refractivity contribution in [2.24, 2.45) is 0 Å². The van der Waals surface area contributed by atoms with Crippen molar-refractivity contribution in [1.82, 2.24) is 0 Å². The highest BCUT2D eigenvalue weighted by Crippen LogP contribution is 2.35. The lowest BCUT2D eigenvalue weighted by molar-refractivity contribution is -0.118. The number of carbonyl (C=O) groups is 1. The normalized spacial score (nSPS) is 12.8. The number of nitrogens with one attached hydrogen (secondary N) is 1. The molecule has 1 N–H and O–H groups in total. The molecule has 28 heavy (non-hydrogen) atoms. The molecule has 1 aliphatic rings. The Bertz CT molecular complexity index is 1150. The van der Waals surface area contributed by atoms with Crippen LogP contribution in [-0.4, -0.2) is 12.5 Å². The minimum atomic E-state index is -0.368. The van der Waals surface area contributed by atoms with Crippen molar-refractivity contribution in [2.45, 2.75) is 26.2 Å². The Hall–Kier alpha value is -2.50. The summed E-state index contributed by atoms with van der Waals surface area (Å²) in [7, 11) is 0. The van der Waals surface area contributed by atoms with E-state index in [4.69, 9.17) is 32.4 Å². The van der Waals surface area contributed by atoms with Gasteiger partial charge in [0.05, 0.1) is 16.1 Å². The largest absolute Gasteiger partial charge is 0.483 e. The third-order valence-electron chi connectivity index (χ3n) is 4.74. The predicted molar refractivity (Wildman–Crippen MR) is 110 cm³/mol. The van der Waals surface area contributed by atoms with Gasteiger partial charge in [0, 0.05) is 10.6 Å². The topological polar surface area (TPSA) is 68.5 Å². The number of rotatable bonds is 4. The molecule has 4 rings (SSSR count). The minimum absolute atomic E-state index is 0.213. The monoisotopic (exact) mass is 417 g/mol. The number of fused-ring (bicyclic) bond motifs is 3. The molecule has 1 aliphatic carbocycles. The highest BCUT2D eigenvalue weighted by Gasteiger charge is 2.22. The van der Waals surface area contributed by atoms with Gasteiger partial charge in [0.25, 0.3) is 5.91 Å². The minimum Gasteiger partial charge on any atom is -0.483 e. The lowest BCUT2D eigenvalue weighted by Gasteiger charge is -2.13. The van der Waals surface area contributed by atoms with Crippen molar-refractivity contribution in [3.05, 3.63) is 67.5 Å². The van der Waals surface area contributed by atoms with Crippen LogP contribution in [-0.2, 0) is 17.6 Å². The Morgan fingerprint density at radius 2 is 1.96 bits per heavy atom. The molecular formula is C21H17Cl2NO4. The molecule has 0 saturated heterocycles. The smallest absolute Gasteiger partial charge is 0.339 e. The van der Waals surface area contributed by atoms with E-state index in [1.807, 2.05) is 19.1 Å². The van der Waals surface area contributed by atoms with E-state index in [1.165, 1.54) is 0 Å². The van der Waals surface area contributed by atoms with Crippen molar-refractivity contribution in [1.29, 1.82) is 0 Å². The third kappa shape index (κ3) is 3.60. The van der Waals surface area contributed by atoms with Crippen LogP contribution in [0.1, 0.15) is 23.1 Å². The highest BCUT2D eigenvalue weighted by atomic mass is 35.5. The SMILES string of the molecule is Cc1cc(OCC(=O)Nc2cc(Cl)ccc2Cl)c2c3c(c(=O)oc2c1)CCC3. The summed E-state index contributed by atoms with van der Waals surface area (Å²) in [6, 6.07) is 8.49. The van der Waals surface area contributed by atoms with Crippen molar-refractivity contribution < 1.29 is 13.9 Å². The number of hydrogen-bond acceptors (Lipinski definition) is 4. The molecular weight excluding hydrogens is 401 g/mol. The number of aryl methyl sites for hydroxylation is 2. The molecule has 1 aromatic heterocycles. The van der Waals surface area contributed by atoms with Crippen LogP contribution in [0.25, 0.3) is 11.0 Å². The molecule has 0 saturated carbocycles. The lowest BCUT2D eigenvalue weighted by Crippen LogP contribution is -2.20. The van der Waals surface area contributed by atoms with E-state index in [2.05, 4.69) is 5.32 Å². The summed E-state index contributed by atoms with van der Waals surface area (Å²) in [5.41, 5.74) is 3.16. The first-order chi connectivity index (χ1) is 13.4. The second-order valence-corrected chi connectivity index (χ2v) is 7.64. The standard InChI is InChI=1S/C21H17Cl2NO4/c1-11-7-17(20-13-3-2-4-14(13)21(26)28-18(20)8-11)27-10-19(25)24-16-9-12(22)5-6-15(16)23/h5-9H,2-4,10H2,1H3,(H,24,25). The fourth-order valence-corrected chi connectivity index (χ4v) is 3.88. The van der Waals surface area contributed by atoms with E-state index in [1.54, 1.807) is 18.2 Å². The molecule has 7 heteroatoms. The van der Waals surface area contributed by atoms with Gasteiger partial charge in [0.1, 0.15) is 11.3 Å². The average Bonchev–Trinajstić information content (AvgIpc) is 3.13. The van der Waals surface area contributed by atoms with E-state index in [0.29, 0.717) is 39.0 Å². The van der Waals surface area contributed by atoms with E-state index < -0.39 is 0 Å². The Labute approximate surface area is 171 Å². The zero-order valence-corrected chi connectivity index (χ0v) is 16.6. The molecule has 0 fully saturated rings. The van der Waals surface area contributed by atoms with Gasteiger partial charge >= 0.3 is 5.63 Å². The van der Waals surface area contributed by atoms with Gasteiger partial charge in [-0.1, -0.05) is 23.2 Å². The quantitative estimate of drug-likeness (QED) is 0.611. The summed E-state index contributed by atoms with van der Waals surface area (Å²) >= 11 is 12.0. The molecule has 3 aromatic rings. The Morgan fingerprint density at radius 3 is 2.79 bits per heavy atom. The van der Waals surface area contributed by atoms with Crippen molar-refractivity contribution in [3.8, 4) is 5.75 Å². The van der Waals surface area contributed by atoms with E-state index in [0.717, 1.165) is 29.4 Å². The maximum absolute atomic E-state index is 12.3. The van der Waals surface area contributed by atoms with Gasteiger partial charge in [-0.05, 0) is 67.6 Å². The van der Waals surface area contributed by atoms with Crippen LogP contribution in [0, 0.1) is 6.92 Å². The zero-order chi connectivity index (χ0) is 19.8.